The minimum Gasteiger partial charge on any atom is -0.480 e. The molecule has 126 valence electrons. The van der Waals surface area contributed by atoms with Gasteiger partial charge in [-0.1, -0.05) is 52.3 Å². The molecule has 0 saturated heterocycles. The van der Waals surface area contributed by atoms with E-state index in [0.29, 0.717) is 12.0 Å². The number of rotatable bonds is 6. The highest BCUT2D eigenvalue weighted by Gasteiger charge is 2.34. The predicted octanol–water partition coefficient (Wildman–Crippen LogP) is 4.12. The van der Waals surface area contributed by atoms with E-state index in [1.165, 1.54) is 6.07 Å². The van der Waals surface area contributed by atoms with Gasteiger partial charge in [0.05, 0.1) is 0 Å². The zero-order valence-electron chi connectivity index (χ0n) is 13.1. The smallest absolute Gasteiger partial charge is 0.321 e. The molecule has 2 N–H and O–H groups in total. The van der Waals surface area contributed by atoms with Gasteiger partial charge in [0, 0.05) is 10.5 Å². The van der Waals surface area contributed by atoms with Crippen molar-refractivity contribution in [3.63, 3.8) is 0 Å². The summed E-state index contributed by atoms with van der Waals surface area (Å²) in [6.45, 7) is 0. The van der Waals surface area contributed by atoms with Crippen molar-refractivity contribution in [1.29, 1.82) is 0 Å². The highest BCUT2D eigenvalue weighted by Crippen LogP contribution is 2.38. The van der Waals surface area contributed by atoms with Crippen LogP contribution in [-0.2, 0) is 11.2 Å². The summed E-state index contributed by atoms with van der Waals surface area (Å²) in [5, 5.41) is 12.6. The maximum Gasteiger partial charge on any atom is 0.321 e. The maximum absolute atomic E-state index is 14.0. The molecule has 0 aromatic heterocycles. The third kappa shape index (κ3) is 4.02. The number of carboxylic acids is 1. The van der Waals surface area contributed by atoms with Gasteiger partial charge in [0.1, 0.15) is 11.9 Å². The van der Waals surface area contributed by atoms with Gasteiger partial charge in [0.15, 0.2) is 0 Å². The molecule has 0 unspecified atom stereocenters. The van der Waals surface area contributed by atoms with Gasteiger partial charge in [-0.15, -0.1) is 0 Å². The summed E-state index contributed by atoms with van der Waals surface area (Å²) in [5.74, 6) is -0.897. The first-order valence-corrected chi connectivity index (χ1v) is 8.80. The van der Waals surface area contributed by atoms with Gasteiger partial charge in [0.2, 0.25) is 0 Å². The summed E-state index contributed by atoms with van der Waals surface area (Å²) in [6.07, 6.45) is 1.97. The predicted molar refractivity (Wildman–Crippen MR) is 94.6 cm³/mol. The Labute approximate surface area is 149 Å². The first-order valence-electron chi connectivity index (χ1n) is 8.00. The molecule has 0 amide bonds. The lowest BCUT2D eigenvalue weighted by molar-refractivity contribution is -0.139. The van der Waals surface area contributed by atoms with E-state index in [1.54, 1.807) is 6.07 Å². The second-order valence-corrected chi connectivity index (χ2v) is 7.19. The Morgan fingerprint density at radius 3 is 2.58 bits per heavy atom. The van der Waals surface area contributed by atoms with Gasteiger partial charge >= 0.3 is 5.97 Å². The Morgan fingerprint density at radius 2 is 1.96 bits per heavy atom. The van der Waals surface area contributed by atoms with E-state index in [1.807, 2.05) is 36.4 Å². The van der Waals surface area contributed by atoms with Crippen molar-refractivity contribution in [2.75, 3.05) is 0 Å². The number of hydrogen-bond donors (Lipinski definition) is 2. The second kappa shape index (κ2) is 7.45. The molecule has 0 radical (unpaired) electrons. The van der Waals surface area contributed by atoms with Crippen LogP contribution < -0.4 is 5.32 Å². The molecule has 24 heavy (non-hydrogen) atoms. The minimum absolute atomic E-state index is 0.114. The second-order valence-electron chi connectivity index (χ2n) is 6.28. The van der Waals surface area contributed by atoms with Gasteiger partial charge in [0.25, 0.3) is 0 Å². The molecule has 5 heteroatoms. The Kier molecular flexibility index (Phi) is 5.31. The van der Waals surface area contributed by atoms with E-state index in [2.05, 4.69) is 21.2 Å². The lowest BCUT2D eigenvalue weighted by atomic mass is 9.75. The van der Waals surface area contributed by atoms with Crippen LogP contribution >= 0.6 is 15.9 Å². The fourth-order valence-electron chi connectivity index (χ4n) is 3.19. The lowest BCUT2D eigenvalue weighted by Gasteiger charge is -2.38. The molecule has 0 aliphatic heterocycles. The van der Waals surface area contributed by atoms with Crippen molar-refractivity contribution in [3.8, 4) is 0 Å². The number of carbonyl (C=O) groups is 1. The Bertz CT molecular complexity index is 717. The van der Waals surface area contributed by atoms with Gasteiger partial charge in [-0.2, -0.15) is 0 Å². The van der Waals surface area contributed by atoms with Crippen molar-refractivity contribution in [2.24, 2.45) is 0 Å². The molecule has 1 atom stereocenters. The van der Waals surface area contributed by atoms with Gasteiger partial charge in [-0.25, -0.2) is 4.39 Å². The molecule has 3 rings (SSSR count). The number of carboxylic acid groups (broad SMARTS) is 1. The standard InChI is InChI=1S/C19H19BrFNO2/c20-14-6-7-16(17(21)11-14)13-9-15(10-13)22-18(19(23)24)8-12-4-2-1-3-5-12/h1-7,11,13,15,18,22H,8-10H2,(H,23,24)/t13?,15?,18-/m1/s1. The summed E-state index contributed by atoms with van der Waals surface area (Å²) >= 11 is 3.26. The monoisotopic (exact) mass is 391 g/mol. The number of nitrogens with one attached hydrogen (secondary N) is 1. The fourth-order valence-corrected chi connectivity index (χ4v) is 3.53. The molecular weight excluding hydrogens is 373 g/mol. The number of benzene rings is 2. The normalized spacial score (nSPS) is 21.1. The molecule has 0 heterocycles. The molecule has 2 aromatic carbocycles. The van der Waals surface area contributed by atoms with Crippen LogP contribution in [0.2, 0.25) is 0 Å². The molecule has 1 fully saturated rings. The average Bonchev–Trinajstić information content (AvgIpc) is 2.51. The van der Waals surface area contributed by atoms with Crippen LogP contribution in [0.1, 0.15) is 29.9 Å². The third-order valence-electron chi connectivity index (χ3n) is 4.56. The maximum atomic E-state index is 14.0. The third-order valence-corrected chi connectivity index (χ3v) is 5.05. The summed E-state index contributed by atoms with van der Waals surface area (Å²) < 4.78 is 14.7. The molecule has 3 nitrogen and oxygen atoms in total. The van der Waals surface area contributed by atoms with Crippen LogP contribution in [0, 0.1) is 5.82 Å². The van der Waals surface area contributed by atoms with E-state index in [0.717, 1.165) is 22.9 Å². The quantitative estimate of drug-likeness (QED) is 0.778. The first kappa shape index (κ1) is 17.1. The van der Waals surface area contributed by atoms with Gasteiger partial charge in [-0.3, -0.25) is 4.79 Å². The largest absolute Gasteiger partial charge is 0.480 e. The van der Waals surface area contributed by atoms with E-state index in [-0.39, 0.29) is 17.8 Å². The molecule has 1 aliphatic carbocycles. The van der Waals surface area contributed by atoms with Crippen molar-refractivity contribution >= 4 is 21.9 Å². The van der Waals surface area contributed by atoms with Crippen LogP contribution in [-0.4, -0.2) is 23.2 Å². The van der Waals surface area contributed by atoms with Gasteiger partial charge in [-0.05, 0) is 48.4 Å². The average molecular weight is 392 g/mol. The highest BCUT2D eigenvalue weighted by molar-refractivity contribution is 9.10. The zero-order valence-corrected chi connectivity index (χ0v) is 14.7. The molecule has 1 saturated carbocycles. The van der Waals surface area contributed by atoms with E-state index >= 15 is 0 Å². The van der Waals surface area contributed by atoms with Crippen LogP contribution in [0.25, 0.3) is 0 Å². The summed E-state index contributed by atoms with van der Waals surface area (Å²) in [5.41, 5.74) is 1.71. The van der Waals surface area contributed by atoms with Crippen LogP contribution in [0.15, 0.2) is 53.0 Å². The topological polar surface area (TPSA) is 49.3 Å². The number of halogens is 2. The minimum atomic E-state index is -0.850. The van der Waals surface area contributed by atoms with E-state index in [4.69, 9.17) is 0 Å². The Balaban J connectivity index is 1.57. The molecule has 0 bridgehead atoms. The molecular formula is C19H19BrFNO2. The van der Waals surface area contributed by atoms with Crippen molar-refractivity contribution in [2.45, 2.75) is 37.3 Å². The lowest BCUT2D eigenvalue weighted by Crippen LogP contribution is -2.49. The Hall–Kier alpha value is -1.72. The fraction of sp³-hybridized carbons (Fsp3) is 0.316. The SMILES string of the molecule is O=C(O)[C@@H](Cc1ccccc1)NC1CC(c2ccc(Br)cc2F)C1. The highest BCUT2D eigenvalue weighted by atomic mass is 79.9. The molecule has 0 spiro atoms. The summed E-state index contributed by atoms with van der Waals surface area (Å²) in [6, 6.07) is 14.2. The van der Waals surface area contributed by atoms with E-state index in [9.17, 15) is 14.3 Å². The number of hydrogen-bond acceptors (Lipinski definition) is 2. The number of aliphatic carboxylic acids is 1. The molecule has 1 aliphatic rings. The first-order chi connectivity index (χ1) is 11.5. The van der Waals surface area contributed by atoms with Crippen LogP contribution in [0.5, 0.6) is 0 Å². The van der Waals surface area contributed by atoms with E-state index < -0.39 is 12.0 Å². The zero-order chi connectivity index (χ0) is 17.1. The summed E-state index contributed by atoms with van der Waals surface area (Å²) in [4.78, 5) is 11.5. The molecule has 2 aromatic rings. The van der Waals surface area contributed by atoms with Crippen molar-refractivity contribution in [3.05, 3.63) is 69.9 Å². The van der Waals surface area contributed by atoms with Crippen LogP contribution in [0.3, 0.4) is 0 Å². The van der Waals surface area contributed by atoms with Crippen molar-refractivity contribution < 1.29 is 14.3 Å². The van der Waals surface area contributed by atoms with Crippen LogP contribution in [0.4, 0.5) is 4.39 Å². The van der Waals surface area contributed by atoms with Crippen molar-refractivity contribution in [1.82, 2.24) is 5.32 Å². The van der Waals surface area contributed by atoms with Gasteiger partial charge < -0.3 is 10.4 Å². The Morgan fingerprint density at radius 1 is 1.25 bits per heavy atom. The summed E-state index contributed by atoms with van der Waals surface area (Å²) in [7, 11) is 0.